The van der Waals surface area contributed by atoms with E-state index in [4.69, 9.17) is 16.3 Å². The molecule has 0 aliphatic heterocycles. The highest BCUT2D eigenvalue weighted by Gasteiger charge is 2.24. The fraction of sp³-hybridized carbons (Fsp3) is 0.417. The number of carbonyl (C=O) groups excluding carboxylic acids is 1. The van der Waals surface area contributed by atoms with Crippen LogP contribution in [0, 0.1) is 5.82 Å². The first-order valence-corrected chi connectivity index (χ1v) is 5.49. The van der Waals surface area contributed by atoms with Crippen LogP contribution in [-0.2, 0) is 9.53 Å². The summed E-state index contributed by atoms with van der Waals surface area (Å²) in [5.74, 6) is -0.666. The van der Waals surface area contributed by atoms with Crippen LogP contribution < -0.4 is 0 Å². The van der Waals surface area contributed by atoms with Gasteiger partial charge in [-0.15, -0.1) is 0 Å². The van der Waals surface area contributed by atoms with Crippen molar-refractivity contribution in [3.63, 3.8) is 0 Å². The molecular formula is C12H14ClFO2. The lowest BCUT2D eigenvalue weighted by Gasteiger charge is -2.16. The predicted molar refractivity (Wildman–Crippen MR) is 61.1 cm³/mol. The van der Waals surface area contributed by atoms with Gasteiger partial charge in [0.05, 0.1) is 0 Å². The Bertz CT molecular complexity index is 359. The van der Waals surface area contributed by atoms with Crippen molar-refractivity contribution in [2.24, 2.45) is 0 Å². The van der Waals surface area contributed by atoms with Crippen molar-refractivity contribution in [3.8, 4) is 0 Å². The van der Waals surface area contributed by atoms with Gasteiger partial charge in [-0.2, -0.15) is 0 Å². The van der Waals surface area contributed by atoms with Gasteiger partial charge >= 0.3 is 0 Å². The largest absolute Gasteiger partial charge is 0.369 e. The zero-order valence-corrected chi connectivity index (χ0v) is 10.1. The minimum atomic E-state index is -0.909. The monoisotopic (exact) mass is 244 g/mol. The van der Waals surface area contributed by atoms with Gasteiger partial charge in [0.25, 0.3) is 0 Å². The number of ketones is 1. The molecule has 0 spiro atoms. The van der Waals surface area contributed by atoms with Crippen molar-refractivity contribution in [1.29, 1.82) is 0 Å². The summed E-state index contributed by atoms with van der Waals surface area (Å²) in [5, 5.41) is 0.219. The van der Waals surface area contributed by atoms with Gasteiger partial charge in [-0.05, 0) is 18.6 Å². The van der Waals surface area contributed by atoms with Crippen molar-refractivity contribution in [1.82, 2.24) is 0 Å². The number of carbonyl (C=O) groups is 1. The molecule has 88 valence electrons. The quantitative estimate of drug-likeness (QED) is 0.792. The Morgan fingerprint density at radius 2 is 2.25 bits per heavy atom. The third-order valence-corrected chi connectivity index (χ3v) is 2.62. The average molecular weight is 245 g/mol. The van der Waals surface area contributed by atoms with Crippen LogP contribution in [0.1, 0.15) is 31.4 Å². The van der Waals surface area contributed by atoms with Gasteiger partial charge < -0.3 is 4.74 Å². The highest BCUT2D eigenvalue weighted by molar-refractivity contribution is 6.31. The molecule has 1 aromatic rings. The Balaban J connectivity index is 3.08. The van der Waals surface area contributed by atoms with E-state index in [-0.39, 0.29) is 16.4 Å². The Kier molecular flexibility index (Phi) is 4.90. The van der Waals surface area contributed by atoms with E-state index in [1.54, 1.807) is 6.07 Å². The summed E-state index contributed by atoms with van der Waals surface area (Å²) in [6.45, 7) is 1.88. The van der Waals surface area contributed by atoms with E-state index in [0.29, 0.717) is 12.8 Å². The van der Waals surface area contributed by atoms with Gasteiger partial charge in [0.1, 0.15) is 11.9 Å². The first-order chi connectivity index (χ1) is 7.61. The van der Waals surface area contributed by atoms with Crippen LogP contribution in [-0.4, -0.2) is 12.9 Å². The van der Waals surface area contributed by atoms with E-state index in [1.165, 1.54) is 19.2 Å². The molecule has 0 aliphatic carbocycles. The van der Waals surface area contributed by atoms with Gasteiger partial charge in [-0.1, -0.05) is 24.6 Å². The highest BCUT2D eigenvalue weighted by Crippen LogP contribution is 2.29. The molecule has 0 aliphatic rings. The number of methoxy groups -OCH3 is 1. The maximum atomic E-state index is 13.6. The molecule has 1 atom stereocenters. The summed E-state index contributed by atoms with van der Waals surface area (Å²) in [4.78, 5) is 11.7. The van der Waals surface area contributed by atoms with Crippen molar-refractivity contribution in [2.45, 2.75) is 25.9 Å². The van der Waals surface area contributed by atoms with Crippen LogP contribution in [0.2, 0.25) is 5.02 Å². The molecule has 0 fully saturated rings. The molecule has 0 saturated heterocycles. The van der Waals surface area contributed by atoms with Gasteiger partial charge in [-0.25, -0.2) is 4.39 Å². The molecule has 0 radical (unpaired) electrons. The zero-order valence-electron chi connectivity index (χ0n) is 9.30. The molecule has 1 unspecified atom stereocenters. The van der Waals surface area contributed by atoms with Crippen molar-refractivity contribution < 1.29 is 13.9 Å². The Hall–Kier alpha value is -0.930. The number of halogens is 2. The van der Waals surface area contributed by atoms with Gasteiger partial charge in [0, 0.05) is 24.1 Å². The third-order valence-electron chi connectivity index (χ3n) is 2.29. The van der Waals surface area contributed by atoms with Crippen molar-refractivity contribution in [3.05, 3.63) is 34.6 Å². The van der Waals surface area contributed by atoms with Crippen LogP contribution in [0.5, 0.6) is 0 Å². The lowest BCUT2D eigenvalue weighted by molar-refractivity contribution is -0.129. The number of hydrogen-bond acceptors (Lipinski definition) is 2. The molecule has 16 heavy (non-hydrogen) atoms. The number of Topliss-reactive ketones (excluding diaryl/α,β-unsaturated/α-hetero) is 1. The fourth-order valence-electron chi connectivity index (χ4n) is 1.55. The molecule has 0 amide bonds. The number of hydrogen-bond donors (Lipinski definition) is 0. The van der Waals surface area contributed by atoms with E-state index in [2.05, 4.69) is 0 Å². The molecule has 0 saturated carbocycles. The Labute approximate surface area is 99.4 Å². The lowest BCUT2D eigenvalue weighted by Crippen LogP contribution is -2.16. The van der Waals surface area contributed by atoms with E-state index in [9.17, 15) is 9.18 Å². The second-order valence-corrected chi connectivity index (χ2v) is 3.87. The lowest BCUT2D eigenvalue weighted by atomic mass is 10.0. The maximum absolute atomic E-state index is 13.6. The average Bonchev–Trinajstić information content (AvgIpc) is 2.24. The molecule has 2 nitrogen and oxygen atoms in total. The minimum Gasteiger partial charge on any atom is -0.369 e. The summed E-state index contributed by atoms with van der Waals surface area (Å²) in [6, 6.07) is 4.32. The van der Waals surface area contributed by atoms with Gasteiger partial charge in [0.15, 0.2) is 5.78 Å². The predicted octanol–water partition coefficient (Wildman–Crippen LogP) is 3.54. The molecule has 1 rings (SSSR count). The van der Waals surface area contributed by atoms with Crippen molar-refractivity contribution >= 4 is 17.4 Å². The van der Waals surface area contributed by atoms with E-state index in [1.807, 2.05) is 6.92 Å². The van der Waals surface area contributed by atoms with Crippen LogP contribution in [0.4, 0.5) is 4.39 Å². The first-order valence-electron chi connectivity index (χ1n) is 5.11. The van der Waals surface area contributed by atoms with E-state index in [0.717, 1.165) is 0 Å². The second kappa shape index (κ2) is 5.97. The Morgan fingerprint density at radius 1 is 1.56 bits per heavy atom. The van der Waals surface area contributed by atoms with Gasteiger partial charge in [0.2, 0.25) is 0 Å². The maximum Gasteiger partial charge on any atom is 0.166 e. The topological polar surface area (TPSA) is 26.3 Å². The van der Waals surface area contributed by atoms with Crippen LogP contribution in [0.25, 0.3) is 0 Å². The summed E-state index contributed by atoms with van der Waals surface area (Å²) >= 11 is 5.88. The Morgan fingerprint density at radius 3 is 2.75 bits per heavy atom. The summed E-state index contributed by atoms with van der Waals surface area (Å²) < 4.78 is 18.6. The second-order valence-electron chi connectivity index (χ2n) is 3.47. The first kappa shape index (κ1) is 13.1. The molecule has 4 heteroatoms. The van der Waals surface area contributed by atoms with Crippen LogP contribution in [0.15, 0.2) is 18.2 Å². The van der Waals surface area contributed by atoms with E-state index >= 15 is 0 Å². The van der Waals surface area contributed by atoms with Crippen LogP contribution in [0.3, 0.4) is 0 Å². The van der Waals surface area contributed by atoms with Gasteiger partial charge in [-0.3, -0.25) is 4.79 Å². The smallest absolute Gasteiger partial charge is 0.166 e. The van der Waals surface area contributed by atoms with Crippen LogP contribution >= 0.6 is 11.6 Å². The normalized spacial score (nSPS) is 12.5. The SMILES string of the molecule is CCCC(=O)C(OC)c1c(F)cccc1Cl. The molecule has 0 heterocycles. The van der Waals surface area contributed by atoms with E-state index < -0.39 is 11.9 Å². The summed E-state index contributed by atoms with van der Waals surface area (Å²) in [6.07, 6.45) is 0.141. The summed E-state index contributed by atoms with van der Waals surface area (Å²) in [7, 11) is 1.38. The van der Waals surface area contributed by atoms with Crippen molar-refractivity contribution in [2.75, 3.05) is 7.11 Å². The summed E-state index contributed by atoms with van der Waals surface area (Å²) in [5.41, 5.74) is 0.130. The number of rotatable bonds is 5. The molecule has 0 bridgehead atoms. The molecule has 0 aromatic heterocycles. The molecule has 0 N–H and O–H groups in total. The molecule has 1 aromatic carbocycles. The number of ether oxygens (including phenoxy) is 1. The molecular weight excluding hydrogens is 231 g/mol. The highest BCUT2D eigenvalue weighted by atomic mass is 35.5. The minimum absolute atomic E-state index is 0.130. The zero-order chi connectivity index (χ0) is 12.1. The standard InChI is InChI=1S/C12H14ClFO2/c1-3-5-10(15)12(16-2)11-8(13)6-4-7-9(11)14/h4,6-7,12H,3,5H2,1-2H3. The number of benzene rings is 1. The third kappa shape index (κ3) is 2.80. The fourth-order valence-corrected chi connectivity index (χ4v) is 1.81.